The molecule has 0 aromatic heterocycles. The second-order valence-electron chi connectivity index (χ2n) is 6.16. The number of ether oxygens (including phenoxy) is 1. The van der Waals surface area contributed by atoms with Crippen molar-refractivity contribution in [3.63, 3.8) is 0 Å². The lowest BCUT2D eigenvalue weighted by Crippen LogP contribution is -2.34. The number of nitrogens with two attached hydrogens (primary N) is 1. The molecule has 3 heteroatoms. The van der Waals surface area contributed by atoms with Crippen molar-refractivity contribution in [2.45, 2.75) is 45.3 Å². The second-order valence-corrected chi connectivity index (χ2v) is 6.16. The van der Waals surface area contributed by atoms with Crippen molar-refractivity contribution in [2.75, 3.05) is 13.7 Å². The summed E-state index contributed by atoms with van der Waals surface area (Å²) in [5.74, 6) is 0.704. The summed E-state index contributed by atoms with van der Waals surface area (Å²) in [7, 11) is 1.69. The first kappa shape index (κ1) is 15.5. The number of methoxy groups -OCH3 is 1. The minimum absolute atomic E-state index is 0.146. The van der Waals surface area contributed by atoms with Crippen LogP contribution in [0.2, 0.25) is 0 Å². The Hall–Kier alpha value is -0.900. The molecular formula is C17H27NO2. The average molecular weight is 277 g/mol. The van der Waals surface area contributed by atoms with E-state index < -0.39 is 6.10 Å². The summed E-state index contributed by atoms with van der Waals surface area (Å²) in [6, 6.07) is 8.06. The molecule has 1 aromatic rings. The first-order valence-corrected chi connectivity index (χ1v) is 7.61. The fraction of sp³-hybridized carbons (Fsp3) is 0.647. The summed E-state index contributed by atoms with van der Waals surface area (Å²) >= 11 is 0. The quantitative estimate of drug-likeness (QED) is 0.840. The molecule has 3 unspecified atom stereocenters. The summed E-state index contributed by atoms with van der Waals surface area (Å²) in [6.07, 6.45) is 3.95. The lowest BCUT2D eigenvalue weighted by atomic mass is 9.76. The molecule has 1 aliphatic rings. The third kappa shape index (κ3) is 3.05. The van der Waals surface area contributed by atoms with Crippen LogP contribution in [0.5, 0.6) is 0 Å². The van der Waals surface area contributed by atoms with Crippen molar-refractivity contribution in [1.29, 1.82) is 0 Å². The van der Waals surface area contributed by atoms with E-state index in [4.69, 9.17) is 10.5 Å². The predicted octanol–water partition coefficient (Wildman–Crippen LogP) is 3.02. The molecule has 0 bridgehead atoms. The zero-order valence-corrected chi connectivity index (χ0v) is 12.6. The van der Waals surface area contributed by atoms with Crippen LogP contribution in [0.25, 0.3) is 0 Å². The Morgan fingerprint density at radius 1 is 1.50 bits per heavy atom. The number of hydrogen-bond acceptors (Lipinski definition) is 3. The van der Waals surface area contributed by atoms with E-state index >= 15 is 0 Å². The monoisotopic (exact) mass is 277 g/mol. The van der Waals surface area contributed by atoms with Crippen LogP contribution in [0.1, 0.15) is 49.8 Å². The topological polar surface area (TPSA) is 55.5 Å². The van der Waals surface area contributed by atoms with Gasteiger partial charge in [0.15, 0.2) is 0 Å². The predicted molar refractivity (Wildman–Crippen MR) is 81.2 cm³/mol. The van der Waals surface area contributed by atoms with Gasteiger partial charge in [-0.15, -0.1) is 0 Å². The summed E-state index contributed by atoms with van der Waals surface area (Å²) in [5, 5.41) is 10.9. The fourth-order valence-electron chi connectivity index (χ4n) is 3.54. The van der Waals surface area contributed by atoms with Gasteiger partial charge < -0.3 is 15.6 Å². The Morgan fingerprint density at radius 2 is 2.30 bits per heavy atom. The molecule has 1 aromatic carbocycles. The van der Waals surface area contributed by atoms with E-state index in [2.05, 4.69) is 6.92 Å². The van der Waals surface area contributed by atoms with Gasteiger partial charge >= 0.3 is 0 Å². The van der Waals surface area contributed by atoms with Gasteiger partial charge in [0.2, 0.25) is 0 Å². The molecule has 1 saturated carbocycles. The van der Waals surface area contributed by atoms with Crippen LogP contribution in [-0.4, -0.2) is 18.8 Å². The van der Waals surface area contributed by atoms with Crippen LogP contribution in [0.15, 0.2) is 24.3 Å². The molecular weight excluding hydrogens is 250 g/mol. The van der Waals surface area contributed by atoms with Gasteiger partial charge in [-0.25, -0.2) is 0 Å². The molecule has 0 radical (unpaired) electrons. The second kappa shape index (κ2) is 6.70. The Kier molecular flexibility index (Phi) is 5.19. The van der Waals surface area contributed by atoms with Gasteiger partial charge in [0.05, 0.1) is 12.7 Å². The summed E-state index contributed by atoms with van der Waals surface area (Å²) in [6.45, 7) is 3.36. The molecule has 1 aliphatic carbocycles. The van der Waals surface area contributed by atoms with Crippen LogP contribution in [0, 0.1) is 11.3 Å². The van der Waals surface area contributed by atoms with Crippen molar-refractivity contribution in [2.24, 2.45) is 17.1 Å². The van der Waals surface area contributed by atoms with Crippen LogP contribution in [0.3, 0.4) is 0 Å². The maximum absolute atomic E-state index is 10.9. The highest BCUT2D eigenvalue weighted by Gasteiger charge is 2.43. The Morgan fingerprint density at radius 3 is 2.90 bits per heavy atom. The van der Waals surface area contributed by atoms with Gasteiger partial charge in [0.25, 0.3) is 0 Å². The maximum atomic E-state index is 10.9. The number of aliphatic hydroxyl groups excluding tert-OH is 1. The molecule has 20 heavy (non-hydrogen) atoms. The van der Waals surface area contributed by atoms with Crippen molar-refractivity contribution >= 4 is 0 Å². The standard InChI is InChI=1S/C17H27NO2/c1-3-13-7-8-17(10-13,12-18)16(19)15-6-4-5-14(9-15)11-20-2/h4-6,9,13,16,19H,3,7-8,10-12,18H2,1-2H3. The van der Waals surface area contributed by atoms with Crippen LogP contribution in [0.4, 0.5) is 0 Å². The van der Waals surface area contributed by atoms with E-state index in [0.717, 1.165) is 24.0 Å². The van der Waals surface area contributed by atoms with Crippen LogP contribution in [-0.2, 0) is 11.3 Å². The molecule has 0 aliphatic heterocycles. The molecule has 3 nitrogen and oxygen atoms in total. The maximum Gasteiger partial charge on any atom is 0.0858 e. The molecule has 1 fully saturated rings. The highest BCUT2D eigenvalue weighted by molar-refractivity contribution is 5.26. The normalized spacial score (nSPS) is 27.7. The summed E-state index contributed by atoms with van der Waals surface area (Å²) < 4.78 is 5.17. The molecule has 112 valence electrons. The Bertz CT molecular complexity index is 435. The SMILES string of the molecule is CCC1CCC(CN)(C(O)c2cccc(COC)c2)C1. The zero-order chi connectivity index (χ0) is 14.6. The third-order valence-electron chi connectivity index (χ3n) is 4.89. The van der Waals surface area contributed by atoms with Gasteiger partial charge in [-0.1, -0.05) is 37.6 Å². The number of aliphatic hydroxyl groups is 1. The minimum Gasteiger partial charge on any atom is -0.388 e. The smallest absolute Gasteiger partial charge is 0.0858 e. The number of hydrogen-bond donors (Lipinski definition) is 2. The Labute approximate surface area is 122 Å². The molecule has 3 atom stereocenters. The number of benzene rings is 1. The lowest BCUT2D eigenvalue weighted by Gasteiger charge is -2.34. The van der Waals surface area contributed by atoms with E-state index in [-0.39, 0.29) is 5.41 Å². The van der Waals surface area contributed by atoms with Gasteiger partial charge in [-0.2, -0.15) is 0 Å². The highest BCUT2D eigenvalue weighted by atomic mass is 16.5. The molecule has 0 saturated heterocycles. The van der Waals surface area contributed by atoms with E-state index in [9.17, 15) is 5.11 Å². The van der Waals surface area contributed by atoms with E-state index in [1.165, 1.54) is 12.8 Å². The third-order valence-corrected chi connectivity index (χ3v) is 4.89. The molecule has 0 amide bonds. The summed E-state index contributed by atoms with van der Waals surface area (Å²) in [4.78, 5) is 0. The van der Waals surface area contributed by atoms with E-state index in [1.807, 2.05) is 24.3 Å². The largest absolute Gasteiger partial charge is 0.388 e. The minimum atomic E-state index is -0.471. The molecule has 0 heterocycles. The van der Waals surface area contributed by atoms with Gasteiger partial charge in [0, 0.05) is 19.1 Å². The van der Waals surface area contributed by atoms with Gasteiger partial charge in [0.1, 0.15) is 0 Å². The molecule has 2 rings (SSSR count). The number of rotatable bonds is 6. The van der Waals surface area contributed by atoms with E-state index in [1.54, 1.807) is 7.11 Å². The first-order valence-electron chi connectivity index (χ1n) is 7.61. The fourth-order valence-corrected chi connectivity index (χ4v) is 3.54. The first-order chi connectivity index (χ1) is 9.65. The zero-order valence-electron chi connectivity index (χ0n) is 12.6. The lowest BCUT2D eigenvalue weighted by molar-refractivity contribution is 0.0300. The van der Waals surface area contributed by atoms with Gasteiger partial charge in [-0.05, 0) is 36.3 Å². The molecule has 3 N–H and O–H groups in total. The van der Waals surface area contributed by atoms with Gasteiger partial charge in [-0.3, -0.25) is 0 Å². The van der Waals surface area contributed by atoms with Crippen molar-refractivity contribution in [1.82, 2.24) is 0 Å². The Balaban J connectivity index is 2.20. The van der Waals surface area contributed by atoms with Crippen LogP contribution >= 0.6 is 0 Å². The van der Waals surface area contributed by atoms with Crippen molar-refractivity contribution in [3.8, 4) is 0 Å². The average Bonchev–Trinajstić information content (AvgIpc) is 2.92. The van der Waals surface area contributed by atoms with Crippen molar-refractivity contribution in [3.05, 3.63) is 35.4 Å². The van der Waals surface area contributed by atoms with Crippen molar-refractivity contribution < 1.29 is 9.84 Å². The van der Waals surface area contributed by atoms with E-state index in [0.29, 0.717) is 19.1 Å². The summed E-state index contributed by atoms with van der Waals surface area (Å²) in [5.41, 5.74) is 7.96. The molecule has 0 spiro atoms. The van der Waals surface area contributed by atoms with Crippen LogP contribution < -0.4 is 5.73 Å². The highest BCUT2D eigenvalue weighted by Crippen LogP contribution is 2.50.